The van der Waals surface area contributed by atoms with Crippen molar-refractivity contribution in [1.82, 2.24) is 4.31 Å². The Morgan fingerprint density at radius 2 is 1.87 bits per heavy atom. The minimum atomic E-state index is -0.356. The lowest BCUT2D eigenvalue weighted by Crippen LogP contribution is -2.38. The lowest BCUT2D eigenvalue weighted by molar-refractivity contribution is -0.124. The average molecular weight is 221 g/mol. The monoisotopic (exact) mass is 221 g/mol. The predicted molar refractivity (Wildman–Crippen MR) is 63.6 cm³/mol. The van der Waals surface area contributed by atoms with Crippen molar-refractivity contribution in [2.24, 2.45) is 0 Å². The van der Waals surface area contributed by atoms with Crippen LogP contribution in [-0.2, 0) is 4.79 Å². The summed E-state index contributed by atoms with van der Waals surface area (Å²) in [6.45, 7) is 3.95. The number of ketones is 1. The molecule has 1 atom stereocenters. The zero-order valence-electron chi connectivity index (χ0n) is 9.23. The van der Waals surface area contributed by atoms with Gasteiger partial charge in [-0.05, 0) is 26.5 Å². The summed E-state index contributed by atoms with van der Waals surface area (Å²) in [5.74, 6) is 0.293. The van der Waals surface area contributed by atoms with Crippen LogP contribution in [0.5, 0.6) is 0 Å². The van der Waals surface area contributed by atoms with Crippen molar-refractivity contribution in [1.29, 1.82) is 0 Å². The topological polar surface area (TPSA) is 20.3 Å². The van der Waals surface area contributed by atoms with Crippen LogP contribution < -0.4 is 0 Å². The highest BCUT2D eigenvalue weighted by molar-refractivity contribution is 7.98. The number of hydrogen-bond donors (Lipinski definition) is 0. The number of Topliss-reactive ketones (excluding diaryl/α,β-unsaturated/α-hetero) is 1. The summed E-state index contributed by atoms with van der Waals surface area (Å²) in [5.41, 5.74) is 0.746. The largest absolute Gasteiger partial charge is 0.296 e. The van der Waals surface area contributed by atoms with E-state index in [0.717, 1.165) is 5.56 Å². The number of carbonyl (C=O) groups is 1. The van der Waals surface area contributed by atoms with E-state index in [1.165, 1.54) is 0 Å². The highest BCUT2D eigenvalue weighted by atomic mass is 32.2. The Kier molecular flexibility index (Phi) is 2.61. The molecule has 1 heterocycles. The van der Waals surface area contributed by atoms with Gasteiger partial charge in [-0.3, -0.25) is 4.79 Å². The van der Waals surface area contributed by atoms with Gasteiger partial charge in [0.2, 0.25) is 0 Å². The quantitative estimate of drug-likeness (QED) is 0.680. The molecule has 2 nitrogen and oxygen atoms in total. The Morgan fingerprint density at radius 3 is 2.33 bits per heavy atom. The maximum absolute atomic E-state index is 12.2. The molecule has 1 fully saturated rings. The zero-order chi connectivity index (χ0) is 11.1. The summed E-state index contributed by atoms with van der Waals surface area (Å²) in [5, 5.41) is -0.0359. The molecule has 80 valence electrons. The Balaban J connectivity index is 2.32. The maximum atomic E-state index is 12.2. The van der Waals surface area contributed by atoms with Gasteiger partial charge in [-0.2, -0.15) is 0 Å². The van der Waals surface area contributed by atoms with E-state index in [4.69, 9.17) is 0 Å². The highest BCUT2D eigenvalue weighted by Crippen LogP contribution is 2.45. The number of carbonyl (C=O) groups excluding carboxylic acids is 1. The van der Waals surface area contributed by atoms with Gasteiger partial charge >= 0.3 is 0 Å². The van der Waals surface area contributed by atoms with Crippen LogP contribution in [0, 0.1) is 0 Å². The van der Waals surface area contributed by atoms with E-state index >= 15 is 0 Å². The summed E-state index contributed by atoms with van der Waals surface area (Å²) in [6.07, 6.45) is 0. The van der Waals surface area contributed by atoms with Crippen LogP contribution in [0.3, 0.4) is 0 Å². The molecule has 1 unspecified atom stereocenters. The Bertz CT molecular complexity index is 374. The summed E-state index contributed by atoms with van der Waals surface area (Å²) in [7, 11) is 1.98. The predicted octanol–water partition coefficient (Wildman–Crippen LogP) is 2.67. The van der Waals surface area contributed by atoms with Gasteiger partial charge < -0.3 is 0 Å². The molecule has 2 rings (SSSR count). The van der Waals surface area contributed by atoms with Crippen LogP contribution >= 0.6 is 11.9 Å². The lowest BCUT2D eigenvalue weighted by Gasteiger charge is -2.23. The van der Waals surface area contributed by atoms with Crippen molar-refractivity contribution in [3.05, 3.63) is 35.9 Å². The molecule has 0 saturated carbocycles. The molecule has 0 radical (unpaired) electrons. The first-order valence-corrected chi connectivity index (χ1v) is 5.87. The first-order valence-electron chi connectivity index (χ1n) is 5.03. The molecule has 1 saturated heterocycles. The van der Waals surface area contributed by atoms with E-state index in [1.54, 1.807) is 11.9 Å². The molecule has 0 N–H and O–H groups in total. The first-order chi connectivity index (χ1) is 7.03. The molecule has 1 aromatic rings. The second kappa shape index (κ2) is 3.65. The summed E-state index contributed by atoms with van der Waals surface area (Å²) < 4.78 is 2.05. The van der Waals surface area contributed by atoms with Gasteiger partial charge in [0.1, 0.15) is 5.25 Å². The van der Waals surface area contributed by atoms with Crippen LogP contribution in [-0.4, -0.2) is 22.7 Å². The second-order valence-corrected chi connectivity index (χ2v) is 5.55. The molecule has 1 aliphatic rings. The molecule has 0 bridgehead atoms. The SMILES string of the molecule is CN1SC(c2ccccc2)C(=O)C1(C)C. The Hall–Kier alpha value is -0.800. The summed E-state index contributed by atoms with van der Waals surface area (Å²) in [4.78, 5) is 12.2. The van der Waals surface area contributed by atoms with Crippen molar-refractivity contribution < 1.29 is 4.79 Å². The molecule has 0 aliphatic carbocycles. The minimum Gasteiger partial charge on any atom is -0.296 e. The number of nitrogens with zero attached hydrogens (tertiary/aromatic N) is 1. The summed E-state index contributed by atoms with van der Waals surface area (Å²) >= 11 is 1.62. The molecule has 1 aromatic carbocycles. The van der Waals surface area contributed by atoms with Gasteiger partial charge in [-0.25, -0.2) is 4.31 Å². The minimum absolute atomic E-state index is 0.0359. The third-order valence-electron chi connectivity index (χ3n) is 2.99. The van der Waals surface area contributed by atoms with E-state index < -0.39 is 0 Å². The molecule has 3 heteroatoms. The third kappa shape index (κ3) is 1.70. The van der Waals surface area contributed by atoms with E-state index in [0.29, 0.717) is 5.78 Å². The third-order valence-corrected chi connectivity index (χ3v) is 4.46. The first kappa shape index (κ1) is 10.7. The van der Waals surface area contributed by atoms with Gasteiger partial charge in [0, 0.05) is 0 Å². The van der Waals surface area contributed by atoms with Crippen LogP contribution in [0.1, 0.15) is 24.7 Å². The van der Waals surface area contributed by atoms with Crippen molar-refractivity contribution in [2.45, 2.75) is 24.6 Å². The fourth-order valence-corrected chi connectivity index (χ4v) is 2.99. The molecule has 0 aromatic heterocycles. The second-order valence-electron chi connectivity index (χ2n) is 4.32. The van der Waals surface area contributed by atoms with Crippen LogP contribution in [0.4, 0.5) is 0 Å². The zero-order valence-corrected chi connectivity index (χ0v) is 10.0. The van der Waals surface area contributed by atoms with Gasteiger partial charge in [0.05, 0.1) is 5.54 Å². The van der Waals surface area contributed by atoms with Gasteiger partial charge in [0.15, 0.2) is 5.78 Å². The average Bonchev–Trinajstić information content (AvgIpc) is 2.44. The Morgan fingerprint density at radius 1 is 1.27 bits per heavy atom. The fraction of sp³-hybridized carbons (Fsp3) is 0.417. The lowest BCUT2D eigenvalue weighted by atomic mass is 9.94. The van der Waals surface area contributed by atoms with E-state index in [2.05, 4.69) is 0 Å². The van der Waals surface area contributed by atoms with Crippen molar-refractivity contribution >= 4 is 17.7 Å². The molecule has 1 aliphatic heterocycles. The molecular weight excluding hydrogens is 206 g/mol. The maximum Gasteiger partial charge on any atom is 0.172 e. The van der Waals surface area contributed by atoms with Crippen molar-refractivity contribution in [3.8, 4) is 0 Å². The normalized spacial score (nSPS) is 25.8. The molecule has 0 amide bonds. The standard InChI is InChI=1S/C12H15NOS/c1-12(2)11(14)10(15-13(12)3)9-7-5-4-6-8-9/h4-8,10H,1-3H3. The molecule has 0 spiro atoms. The highest BCUT2D eigenvalue weighted by Gasteiger charge is 2.46. The number of hydrogen-bond acceptors (Lipinski definition) is 3. The van der Waals surface area contributed by atoms with E-state index in [-0.39, 0.29) is 10.8 Å². The number of likely N-dealkylation sites (N-methyl/N-ethyl adjacent to an activating group) is 1. The Labute approximate surface area is 94.8 Å². The fourth-order valence-electron chi connectivity index (χ4n) is 1.65. The van der Waals surface area contributed by atoms with Crippen LogP contribution in [0.25, 0.3) is 0 Å². The molecule has 15 heavy (non-hydrogen) atoms. The number of rotatable bonds is 1. The summed E-state index contributed by atoms with van der Waals surface area (Å²) in [6, 6.07) is 9.97. The van der Waals surface area contributed by atoms with Crippen molar-refractivity contribution in [2.75, 3.05) is 7.05 Å². The van der Waals surface area contributed by atoms with E-state index in [9.17, 15) is 4.79 Å². The van der Waals surface area contributed by atoms with Crippen LogP contribution in [0.2, 0.25) is 0 Å². The van der Waals surface area contributed by atoms with Crippen LogP contribution in [0.15, 0.2) is 30.3 Å². The van der Waals surface area contributed by atoms with E-state index in [1.807, 2.05) is 55.5 Å². The van der Waals surface area contributed by atoms with Gasteiger partial charge in [0.25, 0.3) is 0 Å². The van der Waals surface area contributed by atoms with Gasteiger partial charge in [-0.15, -0.1) is 0 Å². The van der Waals surface area contributed by atoms with Crippen molar-refractivity contribution in [3.63, 3.8) is 0 Å². The smallest absolute Gasteiger partial charge is 0.172 e. The molecular formula is C12H15NOS. The van der Waals surface area contributed by atoms with Gasteiger partial charge in [-0.1, -0.05) is 42.3 Å². The number of benzene rings is 1.